The molecular formula is C42H49N3O8. The number of amides is 1. The number of methoxy groups -OCH3 is 2. The third-order valence-electron chi connectivity index (χ3n) is 10.7. The van der Waals surface area contributed by atoms with Crippen LogP contribution in [0.5, 0.6) is 34.5 Å². The van der Waals surface area contributed by atoms with E-state index in [4.69, 9.17) is 28.8 Å². The van der Waals surface area contributed by atoms with Crippen LogP contribution in [0.15, 0.2) is 60.7 Å². The highest BCUT2D eigenvalue weighted by Crippen LogP contribution is 2.50. The first-order valence-electron chi connectivity index (χ1n) is 18.3. The van der Waals surface area contributed by atoms with E-state index >= 15 is 0 Å². The number of hydrogen-bond acceptors (Lipinski definition) is 10. The Morgan fingerprint density at radius 1 is 0.830 bits per heavy atom. The number of fused-ring (bicyclic) bond motifs is 2. The van der Waals surface area contributed by atoms with E-state index in [0.717, 1.165) is 53.7 Å². The molecule has 0 radical (unpaired) electrons. The van der Waals surface area contributed by atoms with Gasteiger partial charge in [-0.3, -0.25) is 14.6 Å². The highest BCUT2D eigenvalue weighted by molar-refractivity contribution is 5.97. The molecule has 0 fully saturated rings. The monoisotopic (exact) mass is 723 g/mol. The molecule has 0 saturated heterocycles. The van der Waals surface area contributed by atoms with Gasteiger partial charge in [0.15, 0.2) is 23.0 Å². The largest absolute Gasteiger partial charge is 0.493 e. The van der Waals surface area contributed by atoms with E-state index in [9.17, 15) is 9.90 Å². The molecular weight excluding hydrogens is 674 g/mol. The van der Waals surface area contributed by atoms with Crippen molar-refractivity contribution in [3.8, 4) is 34.5 Å². The number of hydrogen-bond donors (Lipinski definition) is 3. The number of aliphatic hydroxyl groups excluding tert-OH is 2. The molecule has 8 rings (SSSR count). The molecule has 280 valence electrons. The number of benzene rings is 4. The van der Waals surface area contributed by atoms with E-state index in [1.54, 1.807) is 14.2 Å². The van der Waals surface area contributed by atoms with Gasteiger partial charge in [-0.2, -0.15) is 0 Å². The number of aliphatic hydroxyl groups is 2. The summed E-state index contributed by atoms with van der Waals surface area (Å²) in [6, 6.07) is 20.0. The molecule has 0 saturated carbocycles. The molecule has 4 heterocycles. The lowest BCUT2D eigenvalue weighted by atomic mass is 9.86. The minimum Gasteiger partial charge on any atom is -0.493 e. The van der Waals surface area contributed by atoms with Gasteiger partial charge in [0.2, 0.25) is 0 Å². The highest BCUT2D eigenvalue weighted by Gasteiger charge is 2.34. The van der Waals surface area contributed by atoms with Gasteiger partial charge in [-0.15, -0.1) is 0 Å². The Morgan fingerprint density at radius 2 is 1.57 bits per heavy atom. The zero-order valence-corrected chi connectivity index (χ0v) is 30.9. The predicted octanol–water partition coefficient (Wildman–Crippen LogP) is 5.38. The lowest BCUT2D eigenvalue weighted by Gasteiger charge is -2.37. The third-order valence-corrected chi connectivity index (χ3v) is 10.7. The molecule has 11 nitrogen and oxygen atoms in total. The first kappa shape index (κ1) is 36.7. The van der Waals surface area contributed by atoms with Gasteiger partial charge >= 0.3 is 0 Å². The van der Waals surface area contributed by atoms with Gasteiger partial charge in [0, 0.05) is 42.8 Å². The molecule has 4 aromatic rings. The fourth-order valence-electron chi connectivity index (χ4n) is 7.89. The Hall–Kier alpha value is -4.65. The number of rotatable bonds is 9. The maximum Gasteiger partial charge on any atom is 0.255 e. The molecule has 2 atom stereocenters. The summed E-state index contributed by atoms with van der Waals surface area (Å²) in [4.78, 5) is 18.1. The van der Waals surface area contributed by atoms with Crippen molar-refractivity contribution in [2.45, 2.75) is 44.4 Å². The Morgan fingerprint density at radius 3 is 2.30 bits per heavy atom. The molecule has 3 N–H and O–H groups in total. The van der Waals surface area contributed by atoms with Crippen LogP contribution in [0.3, 0.4) is 0 Å². The molecule has 4 aliphatic heterocycles. The summed E-state index contributed by atoms with van der Waals surface area (Å²) in [5.41, 5.74) is 7.72. The van der Waals surface area contributed by atoms with Gasteiger partial charge < -0.3 is 39.2 Å². The van der Waals surface area contributed by atoms with E-state index in [1.165, 1.54) is 5.56 Å². The number of nitrogens with zero attached hydrogens (tertiary/aromatic N) is 2. The van der Waals surface area contributed by atoms with Gasteiger partial charge in [0.05, 0.1) is 46.2 Å². The van der Waals surface area contributed by atoms with E-state index in [0.29, 0.717) is 71.6 Å². The topological polar surface area (TPSA) is 122 Å². The van der Waals surface area contributed by atoms with Crippen molar-refractivity contribution in [1.82, 2.24) is 15.1 Å². The quantitative estimate of drug-likeness (QED) is 0.194. The Kier molecular flexibility index (Phi) is 11.2. The number of carbonyl (C=O) groups excluding carboxylic acids is 1. The summed E-state index contributed by atoms with van der Waals surface area (Å²) >= 11 is 0. The normalized spacial score (nSPS) is 18.2. The van der Waals surface area contributed by atoms with Crippen molar-refractivity contribution in [2.75, 3.05) is 67.8 Å². The summed E-state index contributed by atoms with van der Waals surface area (Å²) in [6.45, 7) is 2.29. The molecule has 0 spiro atoms. The van der Waals surface area contributed by atoms with Crippen LogP contribution in [0.2, 0.25) is 0 Å². The van der Waals surface area contributed by atoms with Crippen LogP contribution in [0, 0.1) is 0 Å². The number of ether oxygens (including phenoxy) is 5. The average Bonchev–Trinajstić information content (AvgIpc) is 3.17. The Balaban J connectivity index is 1.37. The first-order chi connectivity index (χ1) is 25.8. The number of nitrogens with one attached hydrogen (secondary N) is 1. The zero-order valence-electron chi connectivity index (χ0n) is 30.9. The summed E-state index contributed by atoms with van der Waals surface area (Å²) in [7, 11) is 7.55. The molecule has 0 aliphatic carbocycles. The first-order valence-corrected chi connectivity index (χ1v) is 18.3. The SMILES string of the molecule is COc1cc2c3cc1Oc1c(OC)c(CO)cc4c1[C@H](Cc1ccc(cc1)Oc1cc(ccc1C(=O)NCCOCCO)C[C@H]3N(C)CC2)N(C)CC4. The zero-order chi connectivity index (χ0) is 37.1. The van der Waals surface area contributed by atoms with Gasteiger partial charge in [-0.05, 0) is 110 Å². The van der Waals surface area contributed by atoms with E-state index in [1.807, 2.05) is 30.3 Å². The van der Waals surface area contributed by atoms with Crippen molar-refractivity contribution < 1.29 is 38.7 Å². The lowest BCUT2D eigenvalue weighted by Crippen LogP contribution is -2.34. The van der Waals surface area contributed by atoms with Crippen LogP contribution >= 0.6 is 0 Å². The van der Waals surface area contributed by atoms with Gasteiger partial charge in [-0.25, -0.2) is 0 Å². The fraction of sp³-hybridized carbons (Fsp3) is 0.405. The van der Waals surface area contributed by atoms with Crippen molar-refractivity contribution in [1.29, 1.82) is 0 Å². The smallest absolute Gasteiger partial charge is 0.255 e. The van der Waals surface area contributed by atoms with Gasteiger partial charge in [-0.1, -0.05) is 18.2 Å². The summed E-state index contributed by atoms with van der Waals surface area (Å²) in [5.74, 6) is 3.17. The third kappa shape index (κ3) is 7.58. The number of carbonyl (C=O) groups is 1. The second-order valence-corrected chi connectivity index (χ2v) is 14.0. The van der Waals surface area contributed by atoms with Crippen LogP contribution < -0.4 is 24.3 Å². The minimum atomic E-state index is -0.262. The molecule has 6 bridgehead atoms. The molecule has 0 unspecified atom stereocenters. The standard InChI is InChI=1S/C42H49N3O8/c1-44-14-11-28-23-37(49-3)38-24-33(28)34(44)20-27-7-10-32(42(48)43-13-17-51-18-16-46)36(21-27)52-31-8-5-26(6-9-31)19-35-39-29(12-15-45(35)2)22-30(25-47)40(50-4)41(39)53-38/h5-10,21-24,34-35,46-47H,11-20,25H2,1-4H3,(H,43,48)/t34-,35+/m1/s1. The van der Waals surface area contributed by atoms with Crippen molar-refractivity contribution in [2.24, 2.45) is 0 Å². The molecule has 11 heteroatoms. The van der Waals surface area contributed by atoms with Crippen molar-refractivity contribution in [3.05, 3.63) is 105 Å². The maximum atomic E-state index is 13.4. The summed E-state index contributed by atoms with van der Waals surface area (Å²) in [5, 5.41) is 22.4. The maximum absolute atomic E-state index is 13.4. The molecule has 4 aromatic carbocycles. The molecule has 0 aromatic heterocycles. The average molecular weight is 724 g/mol. The second kappa shape index (κ2) is 16.2. The Bertz CT molecular complexity index is 1950. The second-order valence-electron chi connectivity index (χ2n) is 14.0. The van der Waals surface area contributed by atoms with Gasteiger partial charge in [0.25, 0.3) is 5.91 Å². The van der Waals surface area contributed by atoms with E-state index in [-0.39, 0.29) is 37.8 Å². The predicted molar refractivity (Wildman–Crippen MR) is 201 cm³/mol. The van der Waals surface area contributed by atoms with Crippen LogP contribution in [-0.4, -0.2) is 93.7 Å². The van der Waals surface area contributed by atoms with E-state index in [2.05, 4.69) is 59.5 Å². The highest BCUT2D eigenvalue weighted by atomic mass is 16.5. The molecule has 1 amide bonds. The van der Waals surface area contributed by atoms with Crippen molar-refractivity contribution >= 4 is 5.91 Å². The Labute approximate surface area is 311 Å². The van der Waals surface area contributed by atoms with Crippen LogP contribution in [0.25, 0.3) is 0 Å². The fourth-order valence-corrected chi connectivity index (χ4v) is 7.89. The van der Waals surface area contributed by atoms with E-state index < -0.39 is 0 Å². The van der Waals surface area contributed by atoms with Crippen molar-refractivity contribution in [3.63, 3.8) is 0 Å². The van der Waals surface area contributed by atoms with Crippen LogP contribution in [0.4, 0.5) is 0 Å². The summed E-state index contributed by atoms with van der Waals surface area (Å²) in [6.07, 6.45) is 3.01. The van der Waals surface area contributed by atoms with Gasteiger partial charge in [0.1, 0.15) is 11.5 Å². The molecule has 53 heavy (non-hydrogen) atoms. The lowest BCUT2D eigenvalue weighted by molar-refractivity contribution is 0.0836. The van der Waals surface area contributed by atoms with Crippen LogP contribution in [-0.2, 0) is 37.0 Å². The molecule has 4 aliphatic rings. The number of likely N-dealkylation sites (N-methyl/N-ethyl adjacent to an activating group) is 2. The summed E-state index contributed by atoms with van der Waals surface area (Å²) < 4.78 is 30.9. The van der Waals surface area contributed by atoms with Crippen LogP contribution in [0.1, 0.15) is 61.4 Å². The minimum absolute atomic E-state index is 0.000146.